The van der Waals surface area contributed by atoms with E-state index in [9.17, 15) is 4.79 Å². The summed E-state index contributed by atoms with van der Waals surface area (Å²) in [5.41, 5.74) is 0.781. The van der Waals surface area contributed by atoms with Gasteiger partial charge in [0.1, 0.15) is 11.8 Å². The maximum Gasteiger partial charge on any atom is 0.269 e. The molecule has 1 N–H and O–H groups in total. The standard InChI is InChI=1S/C14H18ClN3O/c1-14(2,6-3-7-15)10-18-13(19)12-5-4-11(8-16)9-17-12/h4-5,9H,3,6-7,10H2,1-2H3,(H,18,19). The van der Waals surface area contributed by atoms with Gasteiger partial charge in [0, 0.05) is 18.6 Å². The van der Waals surface area contributed by atoms with Crippen molar-refractivity contribution in [2.45, 2.75) is 26.7 Å². The van der Waals surface area contributed by atoms with E-state index in [4.69, 9.17) is 16.9 Å². The van der Waals surface area contributed by atoms with Crippen molar-refractivity contribution in [2.24, 2.45) is 5.41 Å². The quantitative estimate of drug-likeness (QED) is 0.814. The van der Waals surface area contributed by atoms with E-state index in [2.05, 4.69) is 24.1 Å². The van der Waals surface area contributed by atoms with Gasteiger partial charge in [-0.25, -0.2) is 4.98 Å². The van der Waals surface area contributed by atoms with Crippen LogP contribution in [0.4, 0.5) is 0 Å². The molecule has 1 amide bonds. The number of hydrogen-bond donors (Lipinski definition) is 1. The molecule has 0 unspecified atom stereocenters. The van der Waals surface area contributed by atoms with Crippen LogP contribution in [-0.4, -0.2) is 23.3 Å². The Morgan fingerprint density at radius 1 is 1.53 bits per heavy atom. The van der Waals surface area contributed by atoms with Gasteiger partial charge in [-0.15, -0.1) is 11.6 Å². The lowest BCUT2D eigenvalue weighted by Crippen LogP contribution is -2.34. The Morgan fingerprint density at radius 3 is 2.79 bits per heavy atom. The van der Waals surface area contributed by atoms with Gasteiger partial charge in [-0.1, -0.05) is 13.8 Å². The van der Waals surface area contributed by atoms with Crippen LogP contribution in [0.1, 0.15) is 42.7 Å². The zero-order valence-electron chi connectivity index (χ0n) is 11.2. The van der Waals surface area contributed by atoms with E-state index in [0.29, 0.717) is 23.7 Å². The highest BCUT2D eigenvalue weighted by Gasteiger charge is 2.19. The number of carbonyl (C=O) groups is 1. The zero-order chi connectivity index (χ0) is 14.3. The first-order valence-corrected chi connectivity index (χ1v) is 6.72. The fourth-order valence-electron chi connectivity index (χ4n) is 1.64. The van der Waals surface area contributed by atoms with Crippen molar-refractivity contribution in [3.05, 3.63) is 29.6 Å². The van der Waals surface area contributed by atoms with Crippen LogP contribution in [0, 0.1) is 16.7 Å². The normalized spacial score (nSPS) is 10.8. The Labute approximate surface area is 118 Å². The molecule has 19 heavy (non-hydrogen) atoms. The summed E-state index contributed by atoms with van der Waals surface area (Å²) in [4.78, 5) is 15.8. The largest absolute Gasteiger partial charge is 0.350 e. The lowest BCUT2D eigenvalue weighted by molar-refractivity contribution is 0.0929. The summed E-state index contributed by atoms with van der Waals surface area (Å²) >= 11 is 5.67. The third kappa shape index (κ3) is 5.27. The minimum Gasteiger partial charge on any atom is -0.350 e. The third-order valence-corrected chi connectivity index (χ3v) is 3.11. The Morgan fingerprint density at radius 2 is 2.26 bits per heavy atom. The number of halogens is 1. The molecule has 1 heterocycles. The molecule has 1 rings (SSSR count). The van der Waals surface area contributed by atoms with Crippen molar-refractivity contribution >= 4 is 17.5 Å². The van der Waals surface area contributed by atoms with Gasteiger partial charge in [0.05, 0.1) is 5.56 Å². The molecule has 5 heteroatoms. The van der Waals surface area contributed by atoms with Gasteiger partial charge in [0.25, 0.3) is 5.91 Å². The monoisotopic (exact) mass is 279 g/mol. The van der Waals surface area contributed by atoms with Crippen LogP contribution in [0.25, 0.3) is 0 Å². The van der Waals surface area contributed by atoms with Crippen molar-refractivity contribution in [2.75, 3.05) is 12.4 Å². The molecule has 0 bridgehead atoms. The van der Waals surface area contributed by atoms with Crippen LogP contribution in [0.15, 0.2) is 18.3 Å². The first-order chi connectivity index (χ1) is 8.98. The molecule has 0 aliphatic carbocycles. The van der Waals surface area contributed by atoms with E-state index in [0.717, 1.165) is 12.8 Å². The maximum atomic E-state index is 11.9. The number of hydrogen-bond acceptors (Lipinski definition) is 3. The van der Waals surface area contributed by atoms with Gasteiger partial charge in [-0.05, 0) is 30.4 Å². The summed E-state index contributed by atoms with van der Waals surface area (Å²) in [5.74, 6) is 0.414. The molecule has 4 nitrogen and oxygen atoms in total. The highest BCUT2D eigenvalue weighted by Crippen LogP contribution is 2.21. The molecule has 102 valence electrons. The molecule has 0 aliphatic heterocycles. The van der Waals surface area contributed by atoms with E-state index in [1.165, 1.54) is 6.20 Å². The molecule has 0 saturated heterocycles. The number of aromatic nitrogens is 1. The summed E-state index contributed by atoms with van der Waals surface area (Å²) in [6, 6.07) is 5.10. The zero-order valence-corrected chi connectivity index (χ0v) is 12.0. The number of nitrogens with zero attached hydrogens (tertiary/aromatic N) is 2. The first-order valence-electron chi connectivity index (χ1n) is 6.19. The average Bonchev–Trinajstić information content (AvgIpc) is 2.43. The first kappa shape index (κ1) is 15.5. The lowest BCUT2D eigenvalue weighted by atomic mass is 9.88. The smallest absolute Gasteiger partial charge is 0.269 e. The van der Waals surface area contributed by atoms with Gasteiger partial charge in [0.2, 0.25) is 0 Å². The molecular formula is C14H18ClN3O. The van der Waals surface area contributed by atoms with Crippen LogP contribution < -0.4 is 5.32 Å². The summed E-state index contributed by atoms with van der Waals surface area (Å²) in [5, 5.41) is 11.5. The molecule has 0 fully saturated rings. The van der Waals surface area contributed by atoms with Crippen molar-refractivity contribution in [3.8, 4) is 6.07 Å². The summed E-state index contributed by atoms with van der Waals surface area (Å²) in [6.45, 7) is 4.75. The molecule has 1 aromatic rings. The number of alkyl halides is 1. The summed E-state index contributed by atoms with van der Waals surface area (Å²) in [7, 11) is 0. The predicted molar refractivity (Wildman–Crippen MR) is 75.0 cm³/mol. The van der Waals surface area contributed by atoms with Crippen molar-refractivity contribution in [1.29, 1.82) is 5.26 Å². The minimum atomic E-state index is -0.219. The van der Waals surface area contributed by atoms with Crippen LogP contribution in [0.3, 0.4) is 0 Å². The van der Waals surface area contributed by atoms with Crippen molar-refractivity contribution in [1.82, 2.24) is 10.3 Å². The van der Waals surface area contributed by atoms with Crippen LogP contribution >= 0.6 is 11.6 Å². The second kappa shape index (κ2) is 7.10. The maximum absolute atomic E-state index is 11.9. The molecule has 0 aromatic carbocycles. The van der Waals surface area contributed by atoms with Crippen LogP contribution in [-0.2, 0) is 0 Å². The summed E-state index contributed by atoms with van der Waals surface area (Å²) < 4.78 is 0. The predicted octanol–water partition coefficient (Wildman–Crippen LogP) is 2.73. The number of rotatable bonds is 6. The molecule has 1 aromatic heterocycles. The van der Waals surface area contributed by atoms with Gasteiger partial charge in [0.15, 0.2) is 0 Å². The van der Waals surface area contributed by atoms with Crippen LogP contribution in [0.5, 0.6) is 0 Å². The van der Waals surface area contributed by atoms with Gasteiger partial charge >= 0.3 is 0 Å². The molecular weight excluding hydrogens is 262 g/mol. The molecule has 0 radical (unpaired) electrons. The SMILES string of the molecule is CC(C)(CCCCl)CNC(=O)c1ccc(C#N)cn1. The van der Waals surface area contributed by atoms with E-state index in [1.54, 1.807) is 12.1 Å². The molecule has 0 saturated carbocycles. The average molecular weight is 280 g/mol. The number of pyridine rings is 1. The fraction of sp³-hybridized carbons (Fsp3) is 0.500. The van der Waals surface area contributed by atoms with Gasteiger partial charge < -0.3 is 5.32 Å². The highest BCUT2D eigenvalue weighted by molar-refractivity contribution is 6.17. The summed E-state index contributed by atoms with van der Waals surface area (Å²) in [6.07, 6.45) is 3.28. The Kier molecular flexibility index (Phi) is 5.78. The van der Waals surface area contributed by atoms with E-state index < -0.39 is 0 Å². The molecule has 0 aliphatic rings. The minimum absolute atomic E-state index is 0.0111. The number of carbonyl (C=O) groups excluding carboxylic acids is 1. The lowest BCUT2D eigenvalue weighted by Gasteiger charge is -2.24. The molecule has 0 atom stereocenters. The second-order valence-electron chi connectivity index (χ2n) is 5.18. The van der Waals surface area contributed by atoms with Gasteiger partial charge in [-0.3, -0.25) is 4.79 Å². The second-order valence-corrected chi connectivity index (χ2v) is 5.56. The Bertz CT molecular complexity index is 463. The van der Waals surface area contributed by atoms with E-state index in [-0.39, 0.29) is 11.3 Å². The van der Waals surface area contributed by atoms with Crippen molar-refractivity contribution in [3.63, 3.8) is 0 Å². The van der Waals surface area contributed by atoms with Crippen LogP contribution in [0.2, 0.25) is 0 Å². The van der Waals surface area contributed by atoms with Crippen molar-refractivity contribution < 1.29 is 4.79 Å². The topological polar surface area (TPSA) is 65.8 Å². The number of nitrogens with one attached hydrogen (secondary N) is 1. The Balaban J connectivity index is 2.53. The number of amides is 1. The number of nitriles is 1. The highest BCUT2D eigenvalue weighted by atomic mass is 35.5. The Hall–Kier alpha value is -1.60. The molecule has 0 spiro atoms. The van der Waals surface area contributed by atoms with E-state index >= 15 is 0 Å². The van der Waals surface area contributed by atoms with Gasteiger partial charge in [-0.2, -0.15) is 5.26 Å². The van der Waals surface area contributed by atoms with E-state index in [1.807, 2.05) is 6.07 Å². The third-order valence-electron chi connectivity index (χ3n) is 2.84. The fourth-order valence-corrected chi connectivity index (χ4v) is 1.77.